The molecule has 41 heavy (non-hydrogen) atoms. The number of hydrogen-bond donors (Lipinski definition) is 2. The highest BCUT2D eigenvalue weighted by Gasteiger charge is 2.23. The molecule has 5 aromatic rings. The summed E-state index contributed by atoms with van der Waals surface area (Å²) in [7, 11) is 0. The molecule has 3 N–H and O–H groups in total. The van der Waals surface area contributed by atoms with Crippen molar-refractivity contribution in [1.29, 1.82) is 0 Å². The molecule has 0 bridgehead atoms. The third-order valence-electron chi connectivity index (χ3n) is 6.47. The molecule has 0 aliphatic heterocycles. The Hall–Kier alpha value is -5.25. The summed E-state index contributed by atoms with van der Waals surface area (Å²) in [6.07, 6.45) is 4.76. The van der Waals surface area contributed by atoms with Gasteiger partial charge in [0.15, 0.2) is 0 Å². The van der Waals surface area contributed by atoms with E-state index in [1.54, 1.807) is 29.1 Å². The second-order valence-corrected chi connectivity index (χ2v) is 9.34. The van der Waals surface area contributed by atoms with Crippen LogP contribution in [-0.2, 0) is 17.8 Å². The predicted molar refractivity (Wildman–Crippen MR) is 147 cm³/mol. The first-order valence-electron chi connectivity index (χ1n) is 12.6. The second-order valence-electron chi connectivity index (χ2n) is 9.34. The number of nitrogens with zero attached hydrogens (tertiary/aromatic N) is 3. The third-order valence-corrected chi connectivity index (χ3v) is 6.47. The van der Waals surface area contributed by atoms with Gasteiger partial charge >= 0.3 is 0 Å². The molecule has 0 unspecified atom stereocenters. The number of carbonyl (C=O) groups excluding carboxylic acids is 2. The standard InChI is InChI=1S/C31H24F3N5O2/c32-22-13-19(14-23(33)17-22)15-27(38-28(40)18-39-12-11-37-31(39)20-5-2-1-3-6-20)29-24(7-4-10-36-29)21-8-9-26(34)25(16-21)30(35)41/h1-14,16-17,27H,15,18H2,(H2,35,41)(H,38,40)/t27-/m0/s1. The summed E-state index contributed by atoms with van der Waals surface area (Å²) in [6.45, 7) is -0.0945. The molecule has 0 saturated carbocycles. The Balaban J connectivity index is 1.51. The number of pyridine rings is 1. The van der Waals surface area contributed by atoms with Gasteiger partial charge in [-0.25, -0.2) is 18.2 Å². The predicted octanol–water partition coefficient (Wildman–Crippen LogP) is 5.23. The van der Waals surface area contributed by atoms with Crippen LogP contribution in [0, 0.1) is 17.5 Å². The number of aromatic nitrogens is 3. The molecule has 0 aliphatic rings. The van der Waals surface area contributed by atoms with E-state index >= 15 is 0 Å². The first kappa shape index (κ1) is 27.3. The monoisotopic (exact) mass is 555 g/mol. The number of halogens is 3. The summed E-state index contributed by atoms with van der Waals surface area (Å²) < 4.78 is 44.0. The molecule has 0 aliphatic carbocycles. The smallest absolute Gasteiger partial charge is 0.251 e. The van der Waals surface area contributed by atoms with Gasteiger partial charge in [0.25, 0.3) is 5.91 Å². The molecule has 206 valence electrons. The summed E-state index contributed by atoms with van der Waals surface area (Å²) in [5.74, 6) is -3.06. The van der Waals surface area contributed by atoms with Crippen molar-refractivity contribution >= 4 is 11.8 Å². The van der Waals surface area contributed by atoms with Crippen LogP contribution >= 0.6 is 0 Å². The highest BCUT2D eigenvalue weighted by atomic mass is 19.1. The van der Waals surface area contributed by atoms with Crippen LogP contribution in [0.4, 0.5) is 13.2 Å². The molecule has 0 radical (unpaired) electrons. The molecule has 2 aromatic heterocycles. The van der Waals surface area contributed by atoms with Crippen molar-refractivity contribution in [2.45, 2.75) is 19.0 Å². The Labute approximate surface area is 233 Å². The Morgan fingerprint density at radius 3 is 2.34 bits per heavy atom. The van der Waals surface area contributed by atoms with Crippen LogP contribution in [0.2, 0.25) is 0 Å². The highest BCUT2D eigenvalue weighted by Crippen LogP contribution is 2.30. The minimum absolute atomic E-state index is 0.0101. The van der Waals surface area contributed by atoms with Crippen molar-refractivity contribution in [3.05, 3.63) is 132 Å². The first-order chi connectivity index (χ1) is 19.8. The zero-order chi connectivity index (χ0) is 28.9. The molecule has 5 rings (SSSR count). The number of carbonyl (C=O) groups is 2. The summed E-state index contributed by atoms with van der Waals surface area (Å²) in [4.78, 5) is 34.0. The Kier molecular flexibility index (Phi) is 7.91. The molecule has 0 saturated heterocycles. The number of nitrogens with two attached hydrogens (primary N) is 1. The van der Waals surface area contributed by atoms with E-state index in [1.165, 1.54) is 30.5 Å². The van der Waals surface area contributed by atoms with E-state index in [9.17, 15) is 22.8 Å². The van der Waals surface area contributed by atoms with Crippen molar-refractivity contribution in [1.82, 2.24) is 19.9 Å². The quantitative estimate of drug-likeness (QED) is 0.260. The van der Waals surface area contributed by atoms with Gasteiger partial charge in [0.2, 0.25) is 5.91 Å². The fourth-order valence-corrected chi connectivity index (χ4v) is 4.68. The van der Waals surface area contributed by atoms with Gasteiger partial charge in [0.05, 0.1) is 17.3 Å². The van der Waals surface area contributed by atoms with E-state index in [1.807, 2.05) is 30.3 Å². The zero-order valence-electron chi connectivity index (χ0n) is 21.6. The van der Waals surface area contributed by atoms with Crippen LogP contribution in [0.1, 0.15) is 27.7 Å². The number of benzene rings is 3. The largest absolute Gasteiger partial charge is 0.366 e. The molecule has 0 spiro atoms. The number of hydrogen-bond acceptors (Lipinski definition) is 4. The third kappa shape index (κ3) is 6.33. The lowest BCUT2D eigenvalue weighted by molar-refractivity contribution is -0.122. The number of amides is 2. The van der Waals surface area contributed by atoms with Gasteiger partial charge in [0, 0.05) is 35.8 Å². The molecule has 2 amide bonds. The van der Waals surface area contributed by atoms with E-state index in [2.05, 4.69) is 15.3 Å². The molecule has 2 heterocycles. The fraction of sp³-hybridized carbons (Fsp3) is 0.0968. The van der Waals surface area contributed by atoms with Crippen molar-refractivity contribution < 1.29 is 22.8 Å². The summed E-state index contributed by atoms with van der Waals surface area (Å²) in [5.41, 5.74) is 7.40. The van der Waals surface area contributed by atoms with Crippen molar-refractivity contribution in [3.63, 3.8) is 0 Å². The maximum atomic E-state index is 14.2. The maximum absolute atomic E-state index is 14.2. The maximum Gasteiger partial charge on any atom is 0.251 e. The van der Waals surface area contributed by atoms with Crippen molar-refractivity contribution in [2.24, 2.45) is 5.73 Å². The summed E-state index contributed by atoms with van der Waals surface area (Å²) in [5, 5.41) is 2.94. The van der Waals surface area contributed by atoms with Crippen LogP contribution in [0.15, 0.2) is 97.5 Å². The van der Waals surface area contributed by atoms with Crippen LogP contribution in [0.25, 0.3) is 22.5 Å². The van der Waals surface area contributed by atoms with E-state index in [0.717, 1.165) is 17.7 Å². The van der Waals surface area contributed by atoms with Gasteiger partial charge in [-0.3, -0.25) is 14.6 Å². The molecular weight excluding hydrogens is 531 g/mol. The minimum atomic E-state index is -0.940. The van der Waals surface area contributed by atoms with Gasteiger partial charge < -0.3 is 15.6 Å². The lowest BCUT2D eigenvalue weighted by Gasteiger charge is -2.22. The van der Waals surface area contributed by atoms with E-state index in [0.29, 0.717) is 22.6 Å². The van der Waals surface area contributed by atoms with Crippen LogP contribution in [0.3, 0.4) is 0 Å². The average molecular weight is 556 g/mol. The highest BCUT2D eigenvalue weighted by molar-refractivity contribution is 5.94. The van der Waals surface area contributed by atoms with Crippen LogP contribution < -0.4 is 11.1 Å². The summed E-state index contributed by atoms with van der Waals surface area (Å²) in [6, 6.07) is 18.8. The van der Waals surface area contributed by atoms with Gasteiger partial charge in [-0.1, -0.05) is 42.5 Å². The van der Waals surface area contributed by atoms with Gasteiger partial charge in [-0.2, -0.15) is 0 Å². The Bertz CT molecular complexity index is 1700. The van der Waals surface area contributed by atoms with E-state index in [4.69, 9.17) is 5.73 Å². The molecule has 3 aromatic carbocycles. The van der Waals surface area contributed by atoms with Crippen LogP contribution in [-0.4, -0.2) is 26.3 Å². The number of primary amides is 1. The minimum Gasteiger partial charge on any atom is -0.366 e. The second kappa shape index (κ2) is 11.9. The molecule has 1 atom stereocenters. The Morgan fingerprint density at radius 1 is 0.854 bits per heavy atom. The SMILES string of the molecule is NC(=O)c1cc(-c2cccnc2[C@H](Cc2cc(F)cc(F)c2)NC(=O)Cn2ccnc2-c2ccccc2)ccc1F. The average Bonchev–Trinajstić information content (AvgIpc) is 3.40. The number of nitrogens with one attached hydrogen (secondary N) is 1. The number of imidazole rings is 1. The molecular formula is C31H24F3N5O2. The Morgan fingerprint density at radius 2 is 1.61 bits per heavy atom. The lowest BCUT2D eigenvalue weighted by Crippen LogP contribution is -2.33. The number of rotatable bonds is 9. The van der Waals surface area contributed by atoms with Crippen molar-refractivity contribution in [3.8, 4) is 22.5 Å². The molecule has 7 nitrogen and oxygen atoms in total. The normalized spacial score (nSPS) is 11.7. The lowest BCUT2D eigenvalue weighted by atomic mass is 9.94. The molecule has 0 fully saturated rings. The molecule has 10 heteroatoms. The van der Waals surface area contributed by atoms with Gasteiger partial charge in [-0.05, 0) is 47.9 Å². The first-order valence-corrected chi connectivity index (χ1v) is 12.6. The van der Waals surface area contributed by atoms with Crippen LogP contribution in [0.5, 0.6) is 0 Å². The van der Waals surface area contributed by atoms with E-state index in [-0.39, 0.29) is 24.1 Å². The van der Waals surface area contributed by atoms with E-state index < -0.39 is 35.3 Å². The van der Waals surface area contributed by atoms with Gasteiger partial charge in [0.1, 0.15) is 29.8 Å². The van der Waals surface area contributed by atoms with Gasteiger partial charge in [-0.15, -0.1) is 0 Å². The topological polar surface area (TPSA) is 103 Å². The fourth-order valence-electron chi connectivity index (χ4n) is 4.68. The van der Waals surface area contributed by atoms with Crippen molar-refractivity contribution in [2.75, 3.05) is 0 Å². The summed E-state index contributed by atoms with van der Waals surface area (Å²) >= 11 is 0. The zero-order valence-corrected chi connectivity index (χ0v) is 21.6.